The average molecular weight is 337 g/mol. The van der Waals surface area contributed by atoms with Crippen LogP contribution in [0.1, 0.15) is 26.7 Å². The molecule has 4 N–H and O–H groups in total. The van der Waals surface area contributed by atoms with Crippen molar-refractivity contribution < 1.29 is 18.7 Å². The molecule has 2 amide bonds. The molecule has 6 nitrogen and oxygen atoms in total. The van der Waals surface area contributed by atoms with E-state index in [4.69, 9.17) is 10.5 Å². The lowest BCUT2D eigenvalue weighted by Crippen LogP contribution is -2.46. The molecule has 1 aliphatic rings. The van der Waals surface area contributed by atoms with Gasteiger partial charge in [0.1, 0.15) is 11.6 Å². The lowest BCUT2D eigenvalue weighted by atomic mass is 10.1. The number of rotatable bonds is 8. The highest BCUT2D eigenvalue weighted by atomic mass is 19.1. The van der Waals surface area contributed by atoms with Crippen molar-refractivity contribution in [2.24, 2.45) is 17.6 Å². The first-order chi connectivity index (χ1) is 11.4. The summed E-state index contributed by atoms with van der Waals surface area (Å²) in [5.41, 5.74) is 6.09. The first-order valence-corrected chi connectivity index (χ1v) is 8.12. The molecule has 0 bridgehead atoms. The summed E-state index contributed by atoms with van der Waals surface area (Å²) in [7, 11) is 0. The van der Waals surface area contributed by atoms with Crippen molar-refractivity contribution in [3.05, 3.63) is 24.0 Å². The topological polar surface area (TPSA) is 93.5 Å². The largest absolute Gasteiger partial charge is 0.491 e. The molecule has 24 heavy (non-hydrogen) atoms. The molecule has 0 unspecified atom stereocenters. The summed E-state index contributed by atoms with van der Waals surface area (Å²) in [5.74, 6) is -0.469. The van der Waals surface area contributed by atoms with Gasteiger partial charge in [0, 0.05) is 6.07 Å². The molecular formula is C17H24FN3O3. The molecule has 1 fully saturated rings. The summed E-state index contributed by atoms with van der Waals surface area (Å²) in [6.45, 7) is 3.95. The van der Waals surface area contributed by atoms with E-state index in [9.17, 15) is 14.0 Å². The van der Waals surface area contributed by atoms with Crippen molar-refractivity contribution in [2.45, 2.75) is 32.7 Å². The minimum Gasteiger partial charge on any atom is -0.491 e. The summed E-state index contributed by atoms with van der Waals surface area (Å²) < 4.78 is 19.0. The molecule has 132 valence electrons. The van der Waals surface area contributed by atoms with Crippen LogP contribution in [0.5, 0.6) is 5.75 Å². The van der Waals surface area contributed by atoms with Crippen molar-refractivity contribution in [1.82, 2.24) is 5.32 Å². The smallest absolute Gasteiger partial charge is 0.243 e. The van der Waals surface area contributed by atoms with Crippen LogP contribution in [0.25, 0.3) is 0 Å². The van der Waals surface area contributed by atoms with Gasteiger partial charge in [-0.1, -0.05) is 13.8 Å². The Balaban J connectivity index is 1.89. The summed E-state index contributed by atoms with van der Waals surface area (Å²) in [6.07, 6.45) is 2.22. The number of hydrogen-bond donors (Lipinski definition) is 3. The van der Waals surface area contributed by atoms with Crippen LogP contribution in [0, 0.1) is 17.7 Å². The van der Waals surface area contributed by atoms with Gasteiger partial charge in [-0.15, -0.1) is 0 Å². The fourth-order valence-corrected chi connectivity index (χ4v) is 1.99. The van der Waals surface area contributed by atoms with Gasteiger partial charge < -0.3 is 21.1 Å². The van der Waals surface area contributed by atoms with Gasteiger partial charge in [-0.3, -0.25) is 9.59 Å². The van der Waals surface area contributed by atoms with E-state index in [2.05, 4.69) is 10.6 Å². The van der Waals surface area contributed by atoms with E-state index >= 15 is 0 Å². The Morgan fingerprint density at radius 3 is 2.71 bits per heavy atom. The van der Waals surface area contributed by atoms with Gasteiger partial charge >= 0.3 is 0 Å². The Hall–Kier alpha value is -2.15. The van der Waals surface area contributed by atoms with Crippen molar-refractivity contribution in [3.8, 4) is 5.75 Å². The first-order valence-electron chi connectivity index (χ1n) is 8.12. The van der Waals surface area contributed by atoms with Crippen LogP contribution >= 0.6 is 0 Å². The van der Waals surface area contributed by atoms with Gasteiger partial charge in [0.05, 0.1) is 24.9 Å². The Morgan fingerprint density at radius 1 is 1.38 bits per heavy atom. The Kier molecular flexibility index (Phi) is 6.14. The van der Waals surface area contributed by atoms with Gasteiger partial charge in [0.2, 0.25) is 11.8 Å². The fourth-order valence-electron chi connectivity index (χ4n) is 1.99. The van der Waals surface area contributed by atoms with Crippen LogP contribution in [-0.2, 0) is 9.59 Å². The molecule has 0 aromatic heterocycles. The van der Waals surface area contributed by atoms with Crippen LogP contribution in [0.2, 0.25) is 0 Å². The predicted octanol–water partition coefficient (Wildman–Crippen LogP) is 1.65. The van der Waals surface area contributed by atoms with E-state index in [1.165, 1.54) is 18.2 Å². The van der Waals surface area contributed by atoms with Crippen molar-refractivity contribution in [1.29, 1.82) is 0 Å². The lowest BCUT2D eigenvalue weighted by Gasteiger charge is -2.16. The van der Waals surface area contributed by atoms with E-state index in [-0.39, 0.29) is 18.4 Å². The minimum absolute atomic E-state index is 0.0208. The molecule has 0 spiro atoms. The third-order valence-corrected chi connectivity index (χ3v) is 3.83. The molecule has 0 saturated heterocycles. The van der Waals surface area contributed by atoms with Crippen LogP contribution < -0.4 is 21.1 Å². The van der Waals surface area contributed by atoms with E-state index in [1.54, 1.807) is 0 Å². The van der Waals surface area contributed by atoms with E-state index in [0.717, 1.165) is 12.8 Å². The highest BCUT2D eigenvalue weighted by Crippen LogP contribution is 2.32. The number of halogens is 1. The Labute approximate surface area is 140 Å². The normalized spacial score (nSPS) is 15.0. The maximum atomic E-state index is 13.4. The Morgan fingerprint density at radius 2 is 2.08 bits per heavy atom. The second-order valence-corrected chi connectivity index (χ2v) is 6.43. The second kappa shape index (κ2) is 8.10. The second-order valence-electron chi connectivity index (χ2n) is 6.43. The fraction of sp³-hybridized carbons (Fsp3) is 0.529. The number of carbonyl (C=O) groups is 2. The molecule has 1 atom stereocenters. The number of amides is 2. The molecule has 0 radical (unpaired) electrons. The summed E-state index contributed by atoms with van der Waals surface area (Å²) >= 11 is 0. The van der Waals surface area contributed by atoms with E-state index in [1.807, 2.05) is 13.8 Å². The van der Waals surface area contributed by atoms with Crippen molar-refractivity contribution in [2.75, 3.05) is 18.5 Å². The quantitative estimate of drug-likeness (QED) is 0.672. The van der Waals surface area contributed by atoms with Crippen LogP contribution in [0.4, 0.5) is 10.1 Å². The van der Waals surface area contributed by atoms with Gasteiger partial charge in [-0.25, -0.2) is 4.39 Å². The highest BCUT2D eigenvalue weighted by molar-refractivity contribution is 5.96. The van der Waals surface area contributed by atoms with Gasteiger partial charge in [-0.05, 0) is 36.8 Å². The number of ether oxygens (including phenoxy) is 1. The van der Waals surface area contributed by atoms with Gasteiger partial charge in [0.15, 0.2) is 0 Å². The number of nitrogens with two attached hydrogens (primary N) is 1. The number of hydrogen-bond acceptors (Lipinski definition) is 4. The zero-order valence-corrected chi connectivity index (χ0v) is 14.0. The summed E-state index contributed by atoms with van der Waals surface area (Å²) in [5, 5.41) is 5.10. The molecule has 1 aliphatic carbocycles. The molecule has 1 aromatic carbocycles. The molecular weight excluding hydrogens is 313 g/mol. The molecule has 1 saturated carbocycles. The van der Waals surface area contributed by atoms with Gasteiger partial charge in [-0.2, -0.15) is 0 Å². The standard InChI is InChI=1S/C17H24FN3O3/c1-10(2)16(19)17(23)20-8-15(22)21-13-6-5-12(18)7-14(13)24-9-11-3-4-11/h5-7,10-11,16H,3-4,8-9,19H2,1-2H3,(H,20,23)(H,21,22)/t16-/m0/s1. The monoisotopic (exact) mass is 337 g/mol. The molecule has 0 heterocycles. The predicted molar refractivity (Wildman–Crippen MR) is 89.1 cm³/mol. The third-order valence-electron chi connectivity index (χ3n) is 3.83. The van der Waals surface area contributed by atoms with E-state index < -0.39 is 17.8 Å². The number of carbonyl (C=O) groups excluding carboxylic acids is 2. The molecule has 1 aromatic rings. The highest BCUT2D eigenvalue weighted by Gasteiger charge is 2.23. The zero-order chi connectivity index (χ0) is 17.7. The summed E-state index contributed by atoms with van der Waals surface area (Å²) in [6, 6.07) is 3.26. The third kappa shape index (κ3) is 5.49. The number of anilines is 1. The first kappa shape index (κ1) is 18.2. The van der Waals surface area contributed by atoms with Crippen LogP contribution in [0.15, 0.2) is 18.2 Å². The maximum absolute atomic E-state index is 13.4. The maximum Gasteiger partial charge on any atom is 0.243 e. The van der Waals surface area contributed by atoms with Crippen molar-refractivity contribution >= 4 is 17.5 Å². The lowest BCUT2D eigenvalue weighted by molar-refractivity contribution is -0.125. The molecule has 2 rings (SSSR count). The zero-order valence-electron chi connectivity index (χ0n) is 14.0. The van der Waals surface area contributed by atoms with Gasteiger partial charge in [0.25, 0.3) is 0 Å². The number of nitrogens with one attached hydrogen (secondary N) is 2. The molecule has 0 aliphatic heterocycles. The molecule has 7 heteroatoms. The Bertz CT molecular complexity index is 603. The van der Waals surface area contributed by atoms with Crippen LogP contribution in [-0.4, -0.2) is 31.0 Å². The SMILES string of the molecule is CC(C)[C@H](N)C(=O)NCC(=O)Nc1ccc(F)cc1OCC1CC1. The van der Waals surface area contributed by atoms with Crippen molar-refractivity contribution in [3.63, 3.8) is 0 Å². The van der Waals surface area contributed by atoms with Crippen LogP contribution in [0.3, 0.4) is 0 Å². The van der Waals surface area contributed by atoms with E-state index in [0.29, 0.717) is 24.0 Å². The average Bonchev–Trinajstić information content (AvgIpc) is 3.36. The summed E-state index contributed by atoms with van der Waals surface area (Å²) in [4.78, 5) is 23.7. The minimum atomic E-state index is -0.666. The number of benzene rings is 1.